The van der Waals surface area contributed by atoms with Gasteiger partial charge in [0.25, 0.3) is 0 Å². The number of para-hydroxylation sites is 2. The fourth-order valence-electron chi connectivity index (χ4n) is 2.09. The predicted octanol–water partition coefficient (Wildman–Crippen LogP) is 2.05. The van der Waals surface area contributed by atoms with Crippen molar-refractivity contribution in [1.82, 2.24) is 4.98 Å². The molecule has 2 aromatic heterocycles. The monoisotopic (exact) mass is 267 g/mol. The van der Waals surface area contributed by atoms with Crippen LogP contribution in [0.3, 0.4) is 0 Å². The first-order valence-corrected chi connectivity index (χ1v) is 6.35. The van der Waals surface area contributed by atoms with E-state index in [9.17, 15) is 4.79 Å². The van der Waals surface area contributed by atoms with Gasteiger partial charge in [-0.1, -0.05) is 18.2 Å². The van der Waals surface area contributed by atoms with Crippen LogP contribution in [0.5, 0.6) is 0 Å². The van der Waals surface area contributed by atoms with Gasteiger partial charge in [0.2, 0.25) is 5.89 Å². The third kappa shape index (κ3) is 1.95. The molecule has 2 heterocycles. The van der Waals surface area contributed by atoms with Gasteiger partial charge in [0.1, 0.15) is 16.5 Å². The Morgan fingerprint density at radius 2 is 1.90 bits per heavy atom. The standard InChI is InChI=1S/C16H13NO3/c1-3-10-9-11(16(18)20-13(10)4-2)15-17-12-7-5-6-8-14(12)19-15/h3-9H,1-2H3/b10-3-,13-4+. The molecular formula is C16H13NO3. The number of hydrogen-bond acceptors (Lipinski definition) is 4. The van der Waals surface area contributed by atoms with Crippen molar-refractivity contribution in [3.8, 4) is 11.5 Å². The minimum absolute atomic E-state index is 0.283. The van der Waals surface area contributed by atoms with Crippen molar-refractivity contribution in [2.24, 2.45) is 0 Å². The second-order valence-electron chi connectivity index (χ2n) is 4.33. The lowest BCUT2D eigenvalue weighted by Crippen LogP contribution is -2.29. The molecule has 0 aliphatic rings. The minimum atomic E-state index is -0.449. The second-order valence-corrected chi connectivity index (χ2v) is 4.33. The number of hydrogen-bond donors (Lipinski definition) is 0. The summed E-state index contributed by atoms with van der Waals surface area (Å²) in [7, 11) is 0. The van der Waals surface area contributed by atoms with E-state index in [4.69, 9.17) is 8.83 Å². The van der Waals surface area contributed by atoms with Gasteiger partial charge in [0.05, 0.1) is 0 Å². The first-order valence-electron chi connectivity index (χ1n) is 6.35. The van der Waals surface area contributed by atoms with Gasteiger partial charge in [-0.15, -0.1) is 0 Å². The van der Waals surface area contributed by atoms with E-state index in [0.29, 0.717) is 16.6 Å². The molecule has 20 heavy (non-hydrogen) atoms. The highest BCUT2D eigenvalue weighted by atomic mass is 16.4. The molecule has 3 rings (SSSR count). The molecule has 0 bridgehead atoms. The zero-order valence-electron chi connectivity index (χ0n) is 11.2. The average molecular weight is 267 g/mol. The molecule has 0 amide bonds. The van der Waals surface area contributed by atoms with Crippen LogP contribution in [-0.4, -0.2) is 4.98 Å². The Kier molecular flexibility index (Phi) is 2.99. The van der Waals surface area contributed by atoms with Gasteiger partial charge in [-0.25, -0.2) is 9.78 Å². The summed E-state index contributed by atoms with van der Waals surface area (Å²) in [5, 5.41) is 0.837. The highest BCUT2D eigenvalue weighted by molar-refractivity contribution is 5.75. The van der Waals surface area contributed by atoms with Gasteiger partial charge in [0, 0.05) is 5.22 Å². The van der Waals surface area contributed by atoms with E-state index in [0.717, 1.165) is 10.7 Å². The molecule has 0 N–H and O–H groups in total. The summed E-state index contributed by atoms with van der Waals surface area (Å²) >= 11 is 0. The summed E-state index contributed by atoms with van der Waals surface area (Å²) in [4.78, 5) is 16.4. The van der Waals surface area contributed by atoms with Crippen molar-refractivity contribution in [1.29, 1.82) is 0 Å². The highest BCUT2D eigenvalue weighted by Gasteiger charge is 2.12. The summed E-state index contributed by atoms with van der Waals surface area (Å²) in [6.07, 6.45) is 3.64. The number of fused-ring (bicyclic) bond motifs is 1. The number of oxazole rings is 1. The smallest absolute Gasteiger partial charge is 0.349 e. The molecule has 0 saturated carbocycles. The Morgan fingerprint density at radius 1 is 1.10 bits per heavy atom. The van der Waals surface area contributed by atoms with Crippen LogP contribution in [0.1, 0.15) is 13.8 Å². The van der Waals surface area contributed by atoms with E-state index in [1.165, 1.54) is 0 Å². The molecule has 0 aliphatic heterocycles. The average Bonchev–Trinajstić information content (AvgIpc) is 2.90. The third-order valence-electron chi connectivity index (χ3n) is 3.10. The highest BCUT2D eigenvalue weighted by Crippen LogP contribution is 2.20. The summed E-state index contributed by atoms with van der Waals surface area (Å²) in [6, 6.07) is 9.13. The van der Waals surface area contributed by atoms with Gasteiger partial charge in [-0.05, 0) is 38.1 Å². The van der Waals surface area contributed by atoms with Gasteiger partial charge < -0.3 is 8.83 Å². The molecule has 4 heteroatoms. The van der Waals surface area contributed by atoms with Crippen LogP contribution in [0.2, 0.25) is 0 Å². The number of rotatable bonds is 1. The maximum absolute atomic E-state index is 12.0. The van der Waals surface area contributed by atoms with Crippen molar-refractivity contribution < 1.29 is 8.83 Å². The third-order valence-corrected chi connectivity index (χ3v) is 3.10. The van der Waals surface area contributed by atoms with Crippen LogP contribution in [0.25, 0.3) is 34.7 Å². The van der Waals surface area contributed by atoms with Crippen molar-refractivity contribution >= 4 is 23.3 Å². The lowest BCUT2D eigenvalue weighted by molar-refractivity contribution is 0.471. The van der Waals surface area contributed by atoms with Crippen molar-refractivity contribution in [3.05, 3.63) is 51.4 Å². The summed E-state index contributed by atoms with van der Waals surface area (Å²) in [5.74, 6) is 0.283. The molecule has 0 saturated heterocycles. The molecule has 4 nitrogen and oxygen atoms in total. The van der Waals surface area contributed by atoms with E-state index < -0.39 is 5.63 Å². The fourth-order valence-corrected chi connectivity index (χ4v) is 2.09. The molecule has 0 spiro atoms. The topological polar surface area (TPSA) is 56.2 Å². The summed E-state index contributed by atoms with van der Waals surface area (Å²) in [6.45, 7) is 3.71. The quantitative estimate of drug-likeness (QED) is 0.677. The zero-order valence-corrected chi connectivity index (χ0v) is 11.2. The fraction of sp³-hybridized carbons (Fsp3) is 0.125. The largest absolute Gasteiger partial charge is 0.436 e. The van der Waals surface area contributed by atoms with Gasteiger partial charge in [-0.2, -0.15) is 0 Å². The molecule has 100 valence electrons. The molecule has 0 fully saturated rings. The maximum atomic E-state index is 12.0. The Morgan fingerprint density at radius 3 is 2.60 bits per heavy atom. The SMILES string of the molecule is C/C=c1/cc(-c2nc3ccccc3o2)c(=O)o/c1=C/C. The minimum Gasteiger partial charge on any atom is -0.436 e. The van der Waals surface area contributed by atoms with E-state index in [-0.39, 0.29) is 5.89 Å². The van der Waals surface area contributed by atoms with Crippen LogP contribution in [0.15, 0.2) is 44.0 Å². The van der Waals surface area contributed by atoms with E-state index >= 15 is 0 Å². The predicted molar refractivity (Wildman–Crippen MR) is 77.5 cm³/mol. The Labute approximate surface area is 114 Å². The van der Waals surface area contributed by atoms with E-state index in [1.54, 1.807) is 12.1 Å². The first-order chi connectivity index (χ1) is 9.72. The van der Waals surface area contributed by atoms with E-state index in [1.807, 2.05) is 44.2 Å². The Bertz CT molecular complexity index is 915. The molecule has 3 aromatic rings. The van der Waals surface area contributed by atoms with Crippen LogP contribution in [0.4, 0.5) is 0 Å². The van der Waals surface area contributed by atoms with Crippen molar-refractivity contribution in [3.63, 3.8) is 0 Å². The number of nitrogens with zero attached hydrogens (tertiary/aromatic N) is 1. The van der Waals surface area contributed by atoms with Crippen molar-refractivity contribution in [2.45, 2.75) is 13.8 Å². The van der Waals surface area contributed by atoms with Crippen LogP contribution < -0.4 is 16.3 Å². The normalized spacial score (nSPS) is 13.3. The van der Waals surface area contributed by atoms with Crippen molar-refractivity contribution in [2.75, 3.05) is 0 Å². The summed E-state index contributed by atoms with van der Waals surface area (Å²) in [5.41, 5.74) is 1.80. The Balaban J connectivity index is 2.32. The number of benzene rings is 1. The Hall–Kier alpha value is -2.62. The lowest BCUT2D eigenvalue weighted by Gasteiger charge is -1.94. The van der Waals surface area contributed by atoms with Crippen LogP contribution in [-0.2, 0) is 0 Å². The molecule has 0 radical (unpaired) electrons. The first kappa shape index (κ1) is 12.4. The maximum Gasteiger partial charge on any atom is 0.349 e. The number of aromatic nitrogens is 1. The zero-order chi connectivity index (χ0) is 14.1. The van der Waals surface area contributed by atoms with Gasteiger partial charge in [0.15, 0.2) is 5.58 Å². The second kappa shape index (κ2) is 4.81. The van der Waals surface area contributed by atoms with E-state index in [2.05, 4.69) is 4.98 Å². The van der Waals surface area contributed by atoms with Gasteiger partial charge >= 0.3 is 5.63 Å². The molecule has 0 unspecified atom stereocenters. The summed E-state index contributed by atoms with van der Waals surface area (Å²) < 4.78 is 10.9. The molecule has 0 aliphatic carbocycles. The lowest BCUT2D eigenvalue weighted by atomic mass is 10.2. The molecule has 1 aromatic carbocycles. The van der Waals surface area contributed by atoms with Crippen LogP contribution >= 0.6 is 0 Å². The molecular weight excluding hydrogens is 254 g/mol. The van der Waals surface area contributed by atoms with Crippen LogP contribution in [0, 0.1) is 0 Å². The molecule has 0 atom stereocenters. The van der Waals surface area contributed by atoms with Gasteiger partial charge in [-0.3, -0.25) is 0 Å².